The van der Waals surface area contributed by atoms with Crippen LogP contribution in [0.3, 0.4) is 0 Å². The Hall–Kier alpha value is -3.15. The van der Waals surface area contributed by atoms with E-state index in [1.807, 2.05) is 12.1 Å². The minimum absolute atomic E-state index is 0.115. The molecule has 1 N–H and O–H groups in total. The van der Waals surface area contributed by atoms with Gasteiger partial charge in [0.1, 0.15) is 0 Å². The van der Waals surface area contributed by atoms with Crippen molar-refractivity contribution >= 4 is 23.5 Å². The van der Waals surface area contributed by atoms with Gasteiger partial charge in [-0.25, -0.2) is 4.79 Å². The molecule has 1 aliphatic carbocycles. The van der Waals surface area contributed by atoms with Crippen molar-refractivity contribution in [3.63, 3.8) is 0 Å². The molecule has 6 nitrogen and oxygen atoms in total. The zero-order chi connectivity index (χ0) is 19.4. The molecule has 0 unspecified atom stereocenters. The Bertz CT molecular complexity index is 872. The molecule has 2 aromatic rings. The third-order valence-electron chi connectivity index (χ3n) is 4.49. The summed E-state index contributed by atoms with van der Waals surface area (Å²) in [6.45, 7) is -0.367. The van der Waals surface area contributed by atoms with Crippen LogP contribution in [0.25, 0.3) is 0 Å². The van der Waals surface area contributed by atoms with Gasteiger partial charge in [-0.3, -0.25) is 9.59 Å². The van der Waals surface area contributed by atoms with E-state index in [1.54, 1.807) is 44.4 Å². The molecule has 0 radical (unpaired) electrons. The van der Waals surface area contributed by atoms with Gasteiger partial charge < -0.3 is 15.0 Å². The molecule has 0 bridgehead atoms. The number of carbonyl (C=O) groups is 3. The van der Waals surface area contributed by atoms with Crippen molar-refractivity contribution in [1.29, 1.82) is 0 Å². The van der Waals surface area contributed by atoms with E-state index >= 15 is 0 Å². The molecule has 0 fully saturated rings. The highest BCUT2D eigenvalue weighted by atomic mass is 16.5. The van der Waals surface area contributed by atoms with Crippen LogP contribution < -0.4 is 5.32 Å². The lowest BCUT2D eigenvalue weighted by Crippen LogP contribution is -2.22. The second-order valence-corrected chi connectivity index (χ2v) is 6.74. The zero-order valence-corrected chi connectivity index (χ0v) is 15.5. The topological polar surface area (TPSA) is 75.7 Å². The molecule has 1 aliphatic rings. The predicted molar refractivity (Wildman–Crippen MR) is 102 cm³/mol. The van der Waals surface area contributed by atoms with Crippen molar-refractivity contribution in [3.05, 3.63) is 64.7 Å². The number of amides is 2. The standard InChI is InChI=1S/C21H22N2O4/c1-23(2)20(25)15-8-10-18(11-9-15)22-19(24)13-27-21(26)17-7-6-14-4-3-5-16(14)12-17/h6-12H,3-5,13H2,1-2H3,(H,22,24). The third-order valence-corrected chi connectivity index (χ3v) is 4.49. The number of rotatable bonds is 5. The molecule has 0 spiro atoms. The molecule has 0 aromatic heterocycles. The Labute approximate surface area is 158 Å². The van der Waals surface area contributed by atoms with E-state index in [4.69, 9.17) is 4.74 Å². The Kier molecular flexibility index (Phi) is 5.54. The lowest BCUT2D eigenvalue weighted by Gasteiger charge is -2.11. The monoisotopic (exact) mass is 366 g/mol. The molecule has 0 heterocycles. The number of anilines is 1. The van der Waals surface area contributed by atoms with Crippen LogP contribution in [0.1, 0.15) is 38.3 Å². The van der Waals surface area contributed by atoms with Gasteiger partial charge in [0.25, 0.3) is 11.8 Å². The van der Waals surface area contributed by atoms with E-state index in [0.29, 0.717) is 16.8 Å². The fourth-order valence-electron chi connectivity index (χ4n) is 3.06. The van der Waals surface area contributed by atoms with Crippen molar-refractivity contribution in [2.24, 2.45) is 0 Å². The highest BCUT2D eigenvalue weighted by Gasteiger charge is 2.16. The van der Waals surface area contributed by atoms with Gasteiger partial charge in [-0.1, -0.05) is 6.07 Å². The summed E-state index contributed by atoms with van der Waals surface area (Å²) in [5.41, 5.74) is 3.99. The van der Waals surface area contributed by atoms with E-state index in [-0.39, 0.29) is 12.5 Å². The number of nitrogens with zero attached hydrogens (tertiary/aromatic N) is 1. The highest BCUT2D eigenvalue weighted by Crippen LogP contribution is 2.23. The SMILES string of the molecule is CN(C)C(=O)c1ccc(NC(=O)COC(=O)c2ccc3c(c2)CCC3)cc1. The summed E-state index contributed by atoms with van der Waals surface area (Å²) in [4.78, 5) is 37.5. The molecule has 2 amide bonds. The molecule has 0 aliphatic heterocycles. The minimum Gasteiger partial charge on any atom is -0.452 e. The summed E-state index contributed by atoms with van der Waals surface area (Å²) >= 11 is 0. The number of ether oxygens (including phenoxy) is 1. The van der Waals surface area contributed by atoms with Crippen molar-refractivity contribution in [2.45, 2.75) is 19.3 Å². The maximum absolute atomic E-state index is 12.1. The summed E-state index contributed by atoms with van der Waals surface area (Å²) in [5, 5.41) is 2.64. The van der Waals surface area contributed by atoms with E-state index < -0.39 is 11.9 Å². The van der Waals surface area contributed by atoms with Gasteiger partial charge >= 0.3 is 5.97 Å². The lowest BCUT2D eigenvalue weighted by atomic mass is 10.1. The summed E-state index contributed by atoms with van der Waals surface area (Å²) in [6, 6.07) is 12.1. The predicted octanol–water partition coefficient (Wildman–Crippen LogP) is 2.67. The molecule has 27 heavy (non-hydrogen) atoms. The number of nitrogens with one attached hydrogen (secondary N) is 1. The van der Waals surface area contributed by atoms with Gasteiger partial charge in [0.05, 0.1) is 5.56 Å². The molecule has 6 heteroatoms. The van der Waals surface area contributed by atoms with Crippen LogP contribution in [0.2, 0.25) is 0 Å². The van der Waals surface area contributed by atoms with Gasteiger partial charge in [-0.05, 0) is 66.8 Å². The quantitative estimate of drug-likeness (QED) is 0.826. The summed E-state index contributed by atoms with van der Waals surface area (Å²) < 4.78 is 5.10. The molecule has 0 saturated carbocycles. The smallest absolute Gasteiger partial charge is 0.338 e. The number of hydrogen-bond acceptors (Lipinski definition) is 4. The van der Waals surface area contributed by atoms with Crippen LogP contribution in [0.15, 0.2) is 42.5 Å². The van der Waals surface area contributed by atoms with Crippen LogP contribution in [0.5, 0.6) is 0 Å². The number of carbonyl (C=O) groups excluding carboxylic acids is 3. The summed E-state index contributed by atoms with van der Waals surface area (Å²) in [6.07, 6.45) is 3.13. The maximum Gasteiger partial charge on any atom is 0.338 e. The van der Waals surface area contributed by atoms with E-state index in [1.165, 1.54) is 16.0 Å². The second kappa shape index (κ2) is 8.03. The molecule has 0 saturated heterocycles. The first-order valence-corrected chi connectivity index (χ1v) is 8.84. The van der Waals surface area contributed by atoms with E-state index in [2.05, 4.69) is 5.32 Å². The zero-order valence-electron chi connectivity index (χ0n) is 15.5. The summed E-state index contributed by atoms with van der Waals surface area (Å²) in [5.74, 6) is -1.06. The maximum atomic E-state index is 12.1. The Morgan fingerprint density at radius 2 is 1.63 bits per heavy atom. The minimum atomic E-state index is -0.508. The molecular formula is C21H22N2O4. The van der Waals surface area contributed by atoms with E-state index in [9.17, 15) is 14.4 Å². The van der Waals surface area contributed by atoms with Gasteiger partial charge in [0.2, 0.25) is 0 Å². The van der Waals surface area contributed by atoms with Gasteiger partial charge in [0, 0.05) is 25.3 Å². The van der Waals surface area contributed by atoms with Gasteiger partial charge in [0.15, 0.2) is 6.61 Å². The van der Waals surface area contributed by atoms with Gasteiger partial charge in [-0.15, -0.1) is 0 Å². The van der Waals surface area contributed by atoms with Crippen LogP contribution in [0.4, 0.5) is 5.69 Å². The molecule has 3 rings (SSSR count). The third kappa shape index (κ3) is 4.53. The average Bonchev–Trinajstić information content (AvgIpc) is 3.13. The number of aryl methyl sites for hydroxylation is 2. The van der Waals surface area contributed by atoms with E-state index in [0.717, 1.165) is 19.3 Å². The first-order valence-electron chi connectivity index (χ1n) is 8.84. The Balaban J connectivity index is 1.52. The van der Waals surface area contributed by atoms with Crippen molar-refractivity contribution in [1.82, 2.24) is 4.90 Å². The molecule has 0 atom stereocenters. The fraction of sp³-hybridized carbons (Fsp3) is 0.286. The first-order chi connectivity index (χ1) is 12.9. The average molecular weight is 366 g/mol. The molecule has 2 aromatic carbocycles. The van der Waals surface area contributed by atoms with Crippen molar-refractivity contribution in [3.8, 4) is 0 Å². The number of hydrogen-bond donors (Lipinski definition) is 1. The highest BCUT2D eigenvalue weighted by molar-refractivity contribution is 5.97. The van der Waals surface area contributed by atoms with Crippen LogP contribution in [-0.2, 0) is 22.4 Å². The summed E-state index contributed by atoms with van der Waals surface area (Å²) in [7, 11) is 3.35. The number of fused-ring (bicyclic) bond motifs is 1. The van der Waals surface area contributed by atoms with Crippen LogP contribution in [-0.4, -0.2) is 43.4 Å². The van der Waals surface area contributed by atoms with Crippen LogP contribution >= 0.6 is 0 Å². The lowest BCUT2D eigenvalue weighted by molar-refractivity contribution is -0.119. The Morgan fingerprint density at radius 1 is 0.963 bits per heavy atom. The van der Waals surface area contributed by atoms with Gasteiger partial charge in [-0.2, -0.15) is 0 Å². The van der Waals surface area contributed by atoms with Crippen LogP contribution in [0, 0.1) is 0 Å². The largest absolute Gasteiger partial charge is 0.452 e. The fourth-order valence-corrected chi connectivity index (χ4v) is 3.06. The number of benzene rings is 2. The number of esters is 1. The van der Waals surface area contributed by atoms with Crippen molar-refractivity contribution < 1.29 is 19.1 Å². The normalized spacial score (nSPS) is 12.2. The van der Waals surface area contributed by atoms with Crippen molar-refractivity contribution in [2.75, 3.05) is 26.0 Å². The molecular weight excluding hydrogens is 344 g/mol. The Morgan fingerprint density at radius 3 is 2.33 bits per heavy atom. The molecule has 140 valence electrons. The first kappa shape index (κ1) is 18.6. The second-order valence-electron chi connectivity index (χ2n) is 6.74.